The molecule has 0 aliphatic rings. The number of benzene rings is 1. The van der Waals surface area contributed by atoms with Gasteiger partial charge >= 0.3 is 5.97 Å². The third kappa shape index (κ3) is 4.42. The molecule has 1 N–H and O–H groups in total. The largest absolute Gasteiger partial charge is 0.490 e. The molecule has 1 aromatic rings. The minimum Gasteiger partial charge on any atom is -0.490 e. The van der Waals surface area contributed by atoms with Crippen molar-refractivity contribution in [2.24, 2.45) is 0 Å². The topological polar surface area (TPSA) is 65.0 Å². The van der Waals surface area contributed by atoms with Crippen molar-refractivity contribution in [3.63, 3.8) is 0 Å². The second kappa shape index (κ2) is 8.43. The van der Waals surface area contributed by atoms with Crippen LogP contribution >= 0.6 is 0 Å². The number of aliphatic hydroxyl groups is 1. The smallest absolute Gasteiger partial charge is 0.347 e. The van der Waals surface area contributed by atoms with Crippen molar-refractivity contribution in [1.82, 2.24) is 0 Å². The van der Waals surface area contributed by atoms with E-state index in [4.69, 9.17) is 19.3 Å². The molecule has 20 heavy (non-hydrogen) atoms. The number of aliphatic hydroxyl groups excluding tert-OH is 1. The summed E-state index contributed by atoms with van der Waals surface area (Å²) in [6.07, 6.45) is -0.152. The van der Waals surface area contributed by atoms with Crippen LogP contribution in [-0.2, 0) is 16.1 Å². The van der Waals surface area contributed by atoms with E-state index in [0.717, 1.165) is 5.56 Å². The van der Waals surface area contributed by atoms with Crippen LogP contribution in [0, 0.1) is 0 Å². The highest BCUT2D eigenvalue weighted by molar-refractivity contribution is 5.75. The van der Waals surface area contributed by atoms with Crippen molar-refractivity contribution in [3.05, 3.63) is 23.8 Å². The SMILES string of the molecule is CCOC(=O)C(CC)Oc1ccc(CO)cc1OCC. The molecule has 5 nitrogen and oxygen atoms in total. The number of rotatable bonds is 8. The molecule has 0 heterocycles. The van der Waals surface area contributed by atoms with E-state index in [1.54, 1.807) is 25.1 Å². The lowest BCUT2D eigenvalue weighted by molar-refractivity contribution is -0.151. The molecular weight excluding hydrogens is 260 g/mol. The van der Waals surface area contributed by atoms with Crippen LogP contribution in [0.5, 0.6) is 11.5 Å². The molecule has 0 saturated heterocycles. The Morgan fingerprint density at radius 2 is 1.95 bits per heavy atom. The van der Waals surface area contributed by atoms with Crippen molar-refractivity contribution in [2.45, 2.75) is 39.9 Å². The molecule has 0 spiro atoms. The van der Waals surface area contributed by atoms with Crippen LogP contribution in [0.15, 0.2) is 18.2 Å². The molecular formula is C15H22O5. The Kier molecular flexibility index (Phi) is 6.87. The Balaban J connectivity index is 2.91. The highest BCUT2D eigenvalue weighted by Crippen LogP contribution is 2.30. The highest BCUT2D eigenvalue weighted by Gasteiger charge is 2.21. The highest BCUT2D eigenvalue weighted by atomic mass is 16.6. The Morgan fingerprint density at radius 3 is 2.50 bits per heavy atom. The van der Waals surface area contributed by atoms with Crippen molar-refractivity contribution in [1.29, 1.82) is 0 Å². The molecule has 0 radical (unpaired) electrons. The third-order valence-electron chi connectivity index (χ3n) is 2.68. The molecule has 0 amide bonds. The summed E-state index contributed by atoms with van der Waals surface area (Å²) in [7, 11) is 0. The summed E-state index contributed by atoms with van der Waals surface area (Å²) >= 11 is 0. The van der Waals surface area contributed by atoms with Crippen LogP contribution in [0.2, 0.25) is 0 Å². The summed E-state index contributed by atoms with van der Waals surface area (Å²) in [5.74, 6) is 0.606. The molecule has 5 heteroatoms. The number of hydrogen-bond donors (Lipinski definition) is 1. The van der Waals surface area contributed by atoms with Crippen molar-refractivity contribution in [2.75, 3.05) is 13.2 Å². The molecule has 0 aliphatic carbocycles. The third-order valence-corrected chi connectivity index (χ3v) is 2.68. The molecule has 0 aliphatic heterocycles. The summed E-state index contributed by atoms with van der Waals surface area (Å²) in [6.45, 7) is 6.19. The molecule has 0 saturated carbocycles. The van der Waals surface area contributed by atoms with Gasteiger partial charge in [-0.1, -0.05) is 13.0 Å². The van der Waals surface area contributed by atoms with Gasteiger partial charge in [-0.2, -0.15) is 0 Å². The molecule has 0 fully saturated rings. The first-order valence-electron chi connectivity index (χ1n) is 6.86. The van der Waals surface area contributed by atoms with Gasteiger partial charge in [0, 0.05) is 0 Å². The van der Waals surface area contributed by atoms with Crippen LogP contribution in [0.25, 0.3) is 0 Å². The van der Waals surface area contributed by atoms with Crippen molar-refractivity contribution >= 4 is 5.97 Å². The summed E-state index contributed by atoms with van der Waals surface area (Å²) in [4.78, 5) is 11.7. The quantitative estimate of drug-likeness (QED) is 0.741. The van der Waals surface area contributed by atoms with E-state index in [2.05, 4.69) is 0 Å². The Morgan fingerprint density at radius 1 is 1.20 bits per heavy atom. The zero-order valence-electron chi connectivity index (χ0n) is 12.2. The fourth-order valence-corrected chi connectivity index (χ4v) is 1.70. The molecule has 112 valence electrons. The zero-order chi connectivity index (χ0) is 15.0. The van der Waals surface area contributed by atoms with Crippen molar-refractivity contribution < 1.29 is 24.1 Å². The zero-order valence-corrected chi connectivity index (χ0v) is 12.2. The number of hydrogen-bond acceptors (Lipinski definition) is 5. The maximum absolute atomic E-state index is 11.7. The maximum Gasteiger partial charge on any atom is 0.347 e. The Bertz CT molecular complexity index is 430. The van der Waals surface area contributed by atoms with Crippen molar-refractivity contribution in [3.8, 4) is 11.5 Å². The minimum atomic E-state index is -0.658. The van der Waals surface area contributed by atoms with Gasteiger partial charge in [-0.3, -0.25) is 0 Å². The van der Waals surface area contributed by atoms with Gasteiger partial charge in [-0.15, -0.1) is 0 Å². The van der Waals surface area contributed by atoms with Gasteiger partial charge in [0.1, 0.15) is 0 Å². The van der Waals surface area contributed by atoms with E-state index >= 15 is 0 Å². The lowest BCUT2D eigenvalue weighted by Crippen LogP contribution is -2.28. The monoisotopic (exact) mass is 282 g/mol. The summed E-state index contributed by atoms with van der Waals surface area (Å²) in [5, 5.41) is 9.14. The van der Waals surface area contributed by atoms with E-state index in [1.165, 1.54) is 0 Å². The lowest BCUT2D eigenvalue weighted by Gasteiger charge is -2.18. The first-order chi connectivity index (χ1) is 9.65. The van der Waals surface area contributed by atoms with Gasteiger partial charge in [0.25, 0.3) is 0 Å². The van der Waals surface area contributed by atoms with Crippen LogP contribution in [0.1, 0.15) is 32.8 Å². The van der Waals surface area contributed by atoms with E-state index < -0.39 is 6.10 Å². The fraction of sp³-hybridized carbons (Fsp3) is 0.533. The number of carbonyl (C=O) groups excluding carboxylic acids is 1. The average Bonchev–Trinajstić information content (AvgIpc) is 2.46. The molecule has 1 atom stereocenters. The van der Waals surface area contributed by atoms with Crippen LogP contribution < -0.4 is 9.47 Å². The van der Waals surface area contributed by atoms with Crippen LogP contribution in [-0.4, -0.2) is 30.4 Å². The normalized spacial score (nSPS) is 11.8. The molecule has 1 unspecified atom stereocenters. The molecule has 0 bridgehead atoms. The Hall–Kier alpha value is -1.75. The average molecular weight is 282 g/mol. The second-order valence-corrected chi connectivity index (χ2v) is 4.14. The van der Waals surface area contributed by atoms with E-state index in [9.17, 15) is 4.79 Å². The predicted octanol–water partition coefficient (Wildman–Crippen LogP) is 2.30. The number of ether oxygens (including phenoxy) is 3. The lowest BCUT2D eigenvalue weighted by atomic mass is 10.2. The second-order valence-electron chi connectivity index (χ2n) is 4.14. The van der Waals surface area contributed by atoms with Crippen LogP contribution in [0.4, 0.5) is 0 Å². The number of esters is 1. The first kappa shape index (κ1) is 16.3. The van der Waals surface area contributed by atoms with Gasteiger partial charge < -0.3 is 19.3 Å². The van der Waals surface area contributed by atoms with E-state index in [1.807, 2.05) is 13.8 Å². The van der Waals surface area contributed by atoms with E-state index in [-0.39, 0.29) is 12.6 Å². The van der Waals surface area contributed by atoms with E-state index in [0.29, 0.717) is 31.1 Å². The van der Waals surface area contributed by atoms with Gasteiger partial charge in [0.15, 0.2) is 17.6 Å². The van der Waals surface area contributed by atoms with Gasteiger partial charge in [-0.05, 0) is 38.0 Å². The number of carbonyl (C=O) groups is 1. The summed E-state index contributed by atoms with van der Waals surface area (Å²) in [5.41, 5.74) is 0.727. The first-order valence-corrected chi connectivity index (χ1v) is 6.86. The minimum absolute atomic E-state index is 0.0740. The molecule has 0 aromatic heterocycles. The van der Waals surface area contributed by atoms with Crippen LogP contribution in [0.3, 0.4) is 0 Å². The van der Waals surface area contributed by atoms with Gasteiger partial charge in [-0.25, -0.2) is 4.79 Å². The fourth-order valence-electron chi connectivity index (χ4n) is 1.70. The predicted molar refractivity (Wildman–Crippen MR) is 74.9 cm³/mol. The van der Waals surface area contributed by atoms with Gasteiger partial charge in [0.2, 0.25) is 0 Å². The molecule has 1 rings (SSSR count). The maximum atomic E-state index is 11.7. The summed E-state index contributed by atoms with van der Waals surface area (Å²) in [6, 6.07) is 5.13. The summed E-state index contributed by atoms with van der Waals surface area (Å²) < 4.78 is 16.1. The Labute approximate surface area is 119 Å². The van der Waals surface area contributed by atoms with Gasteiger partial charge in [0.05, 0.1) is 19.8 Å². The standard InChI is InChI=1S/C15H22O5/c1-4-12(15(17)19-6-3)20-13-8-7-11(10-16)9-14(13)18-5-2/h7-9,12,16H,4-6,10H2,1-3H3. The molecule has 1 aromatic carbocycles.